The van der Waals surface area contributed by atoms with Gasteiger partial charge in [0, 0.05) is 4.88 Å². The van der Waals surface area contributed by atoms with Crippen LogP contribution in [0.2, 0.25) is 0 Å². The molecule has 0 bridgehead atoms. The molecule has 2 aromatic heterocycles. The maximum atomic E-state index is 13.0. The fourth-order valence-electron chi connectivity index (χ4n) is 3.48. The molecule has 0 aliphatic carbocycles. The summed E-state index contributed by atoms with van der Waals surface area (Å²) in [6, 6.07) is 19.4. The summed E-state index contributed by atoms with van der Waals surface area (Å²) in [5.41, 5.74) is 3.31. The third-order valence-electron chi connectivity index (χ3n) is 5.12. The first-order valence-corrected chi connectivity index (χ1v) is 10.8. The van der Waals surface area contributed by atoms with Gasteiger partial charge in [-0.3, -0.25) is 14.2 Å². The highest BCUT2D eigenvalue weighted by molar-refractivity contribution is 7.10. The van der Waals surface area contributed by atoms with Gasteiger partial charge in [0.2, 0.25) is 5.91 Å². The van der Waals surface area contributed by atoms with Crippen molar-refractivity contribution in [2.75, 3.05) is 0 Å². The van der Waals surface area contributed by atoms with Crippen molar-refractivity contribution in [1.29, 1.82) is 0 Å². The molecule has 1 atom stereocenters. The van der Waals surface area contributed by atoms with Crippen molar-refractivity contribution < 1.29 is 4.79 Å². The molecule has 0 fully saturated rings. The number of thiophene rings is 1. The van der Waals surface area contributed by atoms with E-state index in [0.29, 0.717) is 17.0 Å². The molecule has 0 saturated heterocycles. The molecule has 6 heteroatoms. The van der Waals surface area contributed by atoms with Gasteiger partial charge >= 0.3 is 0 Å². The van der Waals surface area contributed by atoms with Crippen molar-refractivity contribution >= 4 is 28.3 Å². The molecule has 1 N–H and O–H groups in total. The summed E-state index contributed by atoms with van der Waals surface area (Å²) in [7, 11) is 0. The lowest BCUT2D eigenvalue weighted by atomic mass is 9.98. The Morgan fingerprint density at radius 3 is 2.47 bits per heavy atom. The number of amides is 1. The largest absolute Gasteiger partial charge is 0.343 e. The lowest BCUT2D eigenvalue weighted by Crippen LogP contribution is -2.35. The SMILES string of the molecule is CC(C)c1ccc([C@@H](NC(=O)Cn2c(=O)cnc3ccccc32)c2cccs2)cc1. The van der Waals surface area contributed by atoms with Crippen LogP contribution in [0.5, 0.6) is 0 Å². The van der Waals surface area contributed by atoms with Crippen molar-refractivity contribution in [3.8, 4) is 0 Å². The zero-order valence-electron chi connectivity index (χ0n) is 16.9. The van der Waals surface area contributed by atoms with Crippen LogP contribution in [-0.2, 0) is 11.3 Å². The van der Waals surface area contributed by atoms with Gasteiger partial charge in [-0.15, -0.1) is 11.3 Å². The third-order valence-corrected chi connectivity index (χ3v) is 6.06. The summed E-state index contributed by atoms with van der Waals surface area (Å²) in [5.74, 6) is 0.223. The molecule has 0 saturated carbocycles. The van der Waals surface area contributed by atoms with Crippen LogP contribution in [0.4, 0.5) is 0 Å². The van der Waals surface area contributed by atoms with Crippen LogP contribution in [0.15, 0.2) is 77.0 Å². The molecule has 2 heterocycles. The number of rotatable bonds is 6. The molecule has 152 valence electrons. The van der Waals surface area contributed by atoms with E-state index in [-0.39, 0.29) is 24.1 Å². The van der Waals surface area contributed by atoms with E-state index in [4.69, 9.17) is 0 Å². The molecule has 4 rings (SSSR count). The Kier molecular flexibility index (Phi) is 5.77. The van der Waals surface area contributed by atoms with Crippen molar-refractivity contribution in [3.05, 3.63) is 98.6 Å². The van der Waals surface area contributed by atoms with Crippen LogP contribution >= 0.6 is 11.3 Å². The molecular formula is C24H23N3O2S. The number of benzene rings is 2. The minimum Gasteiger partial charge on any atom is -0.343 e. The van der Waals surface area contributed by atoms with E-state index in [1.165, 1.54) is 16.3 Å². The van der Waals surface area contributed by atoms with Crippen LogP contribution in [0.1, 0.15) is 41.8 Å². The van der Waals surface area contributed by atoms with Crippen LogP contribution < -0.4 is 10.9 Å². The summed E-state index contributed by atoms with van der Waals surface area (Å²) in [5, 5.41) is 5.11. The molecule has 0 radical (unpaired) electrons. The minimum absolute atomic E-state index is 0.0617. The van der Waals surface area contributed by atoms with Crippen LogP contribution in [-0.4, -0.2) is 15.5 Å². The number of carbonyl (C=O) groups excluding carboxylic acids is 1. The molecule has 2 aromatic carbocycles. The zero-order valence-corrected chi connectivity index (χ0v) is 17.7. The summed E-state index contributed by atoms with van der Waals surface area (Å²) in [6.45, 7) is 4.25. The number of aromatic nitrogens is 2. The van der Waals surface area contributed by atoms with Crippen LogP contribution in [0.3, 0.4) is 0 Å². The first-order valence-electron chi connectivity index (χ1n) is 9.90. The Bertz CT molecular complexity index is 1210. The fourth-order valence-corrected chi connectivity index (χ4v) is 4.28. The molecule has 30 heavy (non-hydrogen) atoms. The van der Waals surface area contributed by atoms with Crippen molar-refractivity contribution in [1.82, 2.24) is 14.9 Å². The molecule has 1 amide bonds. The molecule has 5 nitrogen and oxygen atoms in total. The smallest absolute Gasteiger partial charge is 0.269 e. The van der Waals surface area contributed by atoms with Gasteiger partial charge in [0.25, 0.3) is 5.56 Å². The van der Waals surface area contributed by atoms with Gasteiger partial charge in [0.05, 0.1) is 23.3 Å². The van der Waals surface area contributed by atoms with Crippen LogP contribution in [0.25, 0.3) is 11.0 Å². The quantitative estimate of drug-likeness (QED) is 0.503. The van der Waals surface area contributed by atoms with E-state index in [9.17, 15) is 9.59 Å². The normalized spacial score (nSPS) is 12.2. The second kappa shape index (κ2) is 8.63. The number of hydrogen-bond donors (Lipinski definition) is 1. The summed E-state index contributed by atoms with van der Waals surface area (Å²) < 4.78 is 1.46. The monoisotopic (exact) mass is 417 g/mol. The highest BCUT2D eigenvalue weighted by Gasteiger charge is 2.19. The number of nitrogens with one attached hydrogen (secondary N) is 1. The van der Waals surface area contributed by atoms with Gasteiger partial charge in [-0.05, 0) is 40.6 Å². The van der Waals surface area contributed by atoms with Crippen molar-refractivity contribution in [3.63, 3.8) is 0 Å². The second-order valence-electron chi connectivity index (χ2n) is 7.51. The maximum Gasteiger partial charge on any atom is 0.269 e. The third kappa shape index (κ3) is 4.19. The molecule has 0 unspecified atom stereocenters. The highest BCUT2D eigenvalue weighted by atomic mass is 32.1. The summed E-state index contributed by atoms with van der Waals surface area (Å²) >= 11 is 1.60. The van der Waals surface area contributed by atoms with E-state index in [2.05, 4.69) is 48.4 Å². The highest BCUT2D eigenvalue weighted by Crippen LogP contribution is 2.27. The van der Waals surface area contributed by atoms with E-state index < -0.39 is 0 Å². The standard InChI is InChI=1S/C24H23N3O2S/c1-16(2)17-9-11-18(12-10-17)24(21-8-5-13-30-21)26-22(28)15-27-20-7-4-3-6-19(20)25-14-23(27)29/h3-14,16,24H,15H2,1-2H3,(H,26,28)/t24-/m1/s1. The first-order chi connectivity index (χ1) is 14.5. The Hall–Kier alpha value is -3.25. The second-order valence-corrected chi connectivity index (χ2v) is 8.49. The van der Waals surface area contributed by atoms with E-state index in [1.807, 2.05) is 35.7 Å². The Morgan fingerprint density at radius 2 is 1.77 bits per heavy atom. The Morgan fingerprint density at radius 1 is 1.03 bits per heavy atom. The Labute approximate surface area is 179 Å². The van der Waals surface area contributed by atoms with E-state index >= 15 is 0 Å². The average Bonchev–Trinajstić information content (AvgIpc) is 3.29. The summed E-state index contributed by atoms with van der Waals surface area (Å²) in [6.07, 6.45) is 1.26. The summed E-state index contributed by atoms with van der Waals surface area (Å²) in [4.78, 5) is 30.6. The molecule has 0 aliphatic heterocycles. The first kappa shape index (κ1) is 20.0. The average molecular weight is 418 g/mol. The van der Waals surface area contributed by atoms with Gasteiger partial charge in [-0.1, -0.05) is 56.3 Å². The van der Waals surface area contributed by atoms with Gasteiger partial charge in [-0.25, -0.2) is 4.98 Å². The molecule has 0 aliphatic rings. The van der Waals surface area contributed by atoms with E-state index in [0.717, 1.165) is 10.4 Å². The van der Waals surface area contributed by atoms with Gasteiger partial charge in [-0.2, -0.15) is 0 Å². The van der Waals surface area contributed by atoms with Crippen molar-refractivity contribution in [2.45, 2.75) is 32.4 Å². The predicted octanol–water partition coefficient (Wildman–Crippen LogP) is 4.49. The van der Waals surface area contributed by atoms with Crippen LogP contribution in [0, 0.1) is 0 Å². The lowest BCUT2D eigenvalue weighted by molar-refractivity contribution is -0.122. The topological polar surface area (TPSA) is 64.0 Å². The fraction of sp³-hybridized carbons (Fsp3) is 0.208. The van der Waals surface area contributed by atoms with Gasteiger partial charge < -0.3 is 5.32 Å². The lowest BCUT2D eigenvalue weighted by Gasteiger charge is -2.20. The maximum absolute atomic E-state index is 13.0. The van der Waals surface area contributed by atoms with Crippen molar-refractivity contribution in [2.24, 2.45) is 0 Å². The van der Waals surface area contributed by atoms with Gasteiger partial charge in [0.1, 0.15) is 6.54 Å². The minimum atomic E-state index is -0.294. The predicted molar refractivity (Wildman–Crippen MR) is 121 cm³/mol. The Balaban J connectivity index is 1.62. The number of carbonyl (C=O) groups is 1. The van der Waals surface area contributed by atoms with E-state index in [1.54, 1.807) is 17.4 Å². The molecular weight excluding hydrogens is 394 g/mol. The number of fused-ring (bicyclic) bond motifs is 1. The van der Waals surface area contributed by atoms with Gasteiger partial charge in [0.15, 0.2) is 0 Å². The zero-order chi connectivity index (χ0) is 21.1. The number of hydrogen-bond acceptors (Lipinski definition) is 4. The number of nitrogens with zero attached hydrogens (tertiary/aromatic N) is 2. The molecule has 4 aromatic rings. The number of para-hydroxylation sites is 2. The molecule has 0 spiro atoms.